The Labute approximate surface area is 91.4 Å². The van der Waals surface area contributed by atoms with Crippen molar-refractivity contribution in [3.8, 4) is 0 Å². The van der Waals surface area contributed by atoms with Crippen molar-refractivity contribution in [1.29, 1.82) is 0 Å². The number of hydrogen-bond acceptors (Lipinski definition) is 9. The monoisotopic (exact) mass is 255 g/mol. The molecule has 0 aromatic heterocycles. The number of rotatable bonds is 8. The van der Waals surface area contributed by atoms with Crippen LogP contribution in [0.1, 0.15) is 0 Å². The van der Waals surface area contributed by atoms with Crippen LogP contribution in [-0.4, -0.2) is 45.5 Å². The Kier molecular flexibility index (Phi) is 8.28. The summed E-state index contributed by atoms with van der Waals surface area (Å²) in [5, 5.41) is 25.5. The Balaban J connectivity index is 0. The molecule has 0 aromatic carbocycles. The van der Waals surface area contributed by atoms with Gasteiger partial charge >= 0.3 is 0 Å². The maximum Gasteiger partial charge on any atom is 0.294 e. The lowest BCUT2D eigenvalue weighted by Crippen LogP contribution is -2.30. The summed E-state index contributed by atoms with van der Waals surface area (Å²) in [7, 11) is 0. The predicted octanol–water partition coefficient (Wildman–Crippen LogP) is -1.40. The molecule has 4 radical (unpaired) electrons. The Morgan fingerprint density at radius 1 is 0.875 bits per heavy atom. The van der Waals surface area contributed by atoms with E-state index < -0.39 is 34.6 Å². The van der Waals surface area contributed by atoms with E-state index in [0.29, 0.717) is 0 Å². The Bertz CT molecular complexity index is 240. The molecular formula is C3H5N3O9Si. The average molecular weight is 255 g/mol. The van der Waals surface area contributed by atoms with Crippen LogP contribution in [-0.2, 0) is 14.5 Å². The highest BCUT2D eigenvalue weighted by atomic mass is 28.1. The van der Waals surface area contributed by atoms with E-state index in [1.54, 1.807) is 0 Å². The standard InChI is InChI=1S/C3H5N3O9.Si/c7-4(8)13-1-3(15-6(11)12)2-14-5(9)10;/h3H,1-2H2;. The van der Waals surface area contributed by atoms with E-state index in [1.165, 1.54) is 0 Å². The van der Waals surface area contributed by atoms with Gasteiger partial charge in [-0.2, -0.15) is 0 Å². The molecule has 0 N–H and O–H groups in total. The first kappa shape index (κ1) is 16.3. The van der Waals surface area contributed by atoms with Crippen LogP contribution in [0.2, 0.25) is 0 Å². The van der Waals surface area contributed by atoms with Gasteiger partial charge in [-0.05, 0) is 0 Å². The normalized spacial score (nSPS) is 8.81. The molecule has 0 heterocycles. The highest BCUT2D eigenvalue weighted by Crippen LogP contribution is 1.96. The van der Waals surface area contributed by atoms with Crippen LogP contribution in [0, 0.1) is 30.3 Å². The molecule has 0 saturated heterocycles. The topological polar surface area (TPSA) is 157 Å². The summed E-state index contributed by atoms with van der Waals surface area (Å²) in [6.45, 7) is -1.69. The maximum absolute atomic E-state index is 9.83. The Morgan fingerprint density at radius 2 is 1.25 bits per heavy atom. The lowest BCUT2D eigenvalue weighted by Gasteiger charge is -2.11. The number of hydrogen-bond donors (Lipinski definition) is 0. The van der Waals surface area contributed by atoms with Gasteiger partial charge in [-0.1, -0.05) is 0 Å². The van der Waals surface area contributed by atoms with Crippen molar-refractivity contribution < 1.29 is 29.8 Å². The minimum atomic E-state index is -1.55. The molecular weight excluding hydrogens is 250 g/mol. The van der Waals surface area contributed by atoms with Crippen molar-refractivity contribution in [1.82, 2.24) is 0 Å². The average Bonchev–Trinajstić information content (AvgIpc) is 2.08. The predicted molar refractivity (Wildman–Crippen MR) is 43.5 cm³/mol. The van der Waals surface area contributed by atoms with Crippen LogP contribution < -0.4 is 0 Å². The lowest BCUT2D eigenvalue weighted by atomic mass is 10.4. The molecule has 0 aliphatic heterocycles. The SMILES string of the molecule is O=[N+]([O-])OCC(CO[N+](=O)[O-])O[N+](=O)[O-].[Si]. The van der Waals surface area contributed by atoms with Crippen molar-refractivity contribution in [3.63, 3.8) is 0 Å². The van der Waals surface area contributed by atoms with Gasteiger partial charge in [0.25, 0.3) is 15.3 Å². The van der Waals surface area contributed by atoms with Gasteiger partial charge in [-0.25, -0.2) is 0 Å². The molecule has 90 valence electrons. The van der Waals surface area contributed by atoms with Crippen molar-refractivity contribution in [3.05, 3.63) is 30.3 Å². The first-order chi connectivity index (χ1) is 6.91. The summed E-state index contributed by atoms with van der Waals surface area (Å²) in [6.07, 6.45) is -1.55. The van der Waals surface area contributed by atoms with Crippen LogP contribution in [0.3, 0.4) is 0 Å². The van der Waals surface area contributed by atoms with Crippen molar-refractivity contribution in [2.24, 2.45) is 0 Å². The van der Waals surface area contributed by atoms with E-state index in [2.05, 4.69) is 14.5 Å². The molecule has 0 saturated carbocycles. The van der Waals surface area contributed by atoms with Gasteiger partial charge in [0, 0.05) is 11.0 Å². The largest absolute Gasteiger partial charge is 0.311 e. The zero-order valence-corrected chi connectivity index (χ0v) is 8.51. The molecule has 0 rings (SSSR count). The van der Waals surface area contributed by atoms with E-state index in [9.17, 15) is 30.3 Å². The highest BCUT2D eigenvalue weighted by Gasteiger charge is 2.17. The molecule has 0 spiro atoms. The smallest absolute Gasteiger partial charge is 0.294 e. The van der Waals surface area contributed by atoms with E-state index in [4.69, 9.17) is 0 Å². The van der Waals surface area contributed by atoms with Crippen LogP contribution in [0.15, 0.2) is 0 Å². The van der Waals surface area contributed by atoms with Gasteiger partial charge in [0.2, 0.25) is 0 Å². The van der Waals surface area contributed by atoms with Crippen LogP contribution in [0.25, 0.3) is 0 Å². The first-order valence-corrected chi connectivity index (χ1v) is 3.27. The lowest BCUT2D eigenvalue weighted by molar-refractivity contribution is -0.803. The molecule has 0 aromatic rings. The zero-order chi connectivity index (χ0) is 11.8. The summed E-state index contributed by atoms with van der Waals surface area (Å²) < 4.78 is 0. The van der Waals surface area contributed by atoms with Gasteiger partial charge in [-0.15, -0.1) is 30.3 Å². The molecule has 12 nitrogen and oxygen atoms in total. The van der Waals surface area contributed by atoms with Gasteiger partial charge in [0.05, 0.1) is 0 Å². The molecule has 0 amide bonds. The molecule has 0 bridgehead atoms. The number of nitrogens with zero attached hydrogens (tertiary/aromatic N) is 3. The van der Waals surface area contributed by atoms with Crippen molar-refractivity contribution >= 4 is 11.0 Å². The first-order valence-electron chi connectivity index (χ1n) is 3.27. The van der Waals surface area contributed by atoms with Crippen LogP contribution >= 0.6 is 0 Å². The summed E-state index contributed by atoms with van der Waals surface area (Å²) >= 11 is 0. The quantitative estimate of drug-likeness (QED) is 0.288. The molecule has 0 fully saturated rings. The molecule has 0 atom stereocenters. The summed E-state index contributed by atoms with van der Waals surface area (Å²) in [5.41, 5.74) is 0. The van der Waals surface area contributed by atoms with Gasteiger partial charge in [-0.3, -0.25) is 0 Å². The summed E-state index contributed by atoms with van der Waals surface area (Å²) in [4.78, 5) is 40.5. The van der Waals surface area contributed by atoms with Gasteiger partial charge in [0.1, 0.15) is 13.2 Å². The zero-order valence-electron chi connectivity index (χ0n) is 7.51. The fourth-order valence-corrected chi connectivity index (χ4v) is 0.519. The van der Waals surface area contributed by atoms with E-state index in [1.807, 2.05) is 0 Å². The third kappa shape index (κ3) is 9.90. The fraction of sp³-hybridized carbons (Fsp3) is 1.00. The van der Waals surface area contributed by atoms with Crippen LogP contribution in [0.5, 0.6) is 0 Å². The second-order valence-corrected chi connectivity index (χ2v) is 1.99. The Hall–Kier alpha value is -2.18. The molecule has 13 heteroatoms. The summed E-state index contributed by atoms with van der Waals surface area (Å²) in [6, 6.07) is 0. The van der Waals surface area contributed by atoms with Gasteiger partial charge in [0.15, 0.2) is 6.10 Å². The second kappa shape index (κ2) is 8.15. The van der Waals surface area contributed by atoms with Crippen LogP contribution in [0.4, 0.5) is 0 Å². The van der Waals surface area contributed by atoms with Crippen molar-refractivity contribution in [2.45, 2.75) is 6.10 Å². The Morgan fingerprint density at radius 3 is 1.50 bits per heavy atom. The third-order valence-corrected chi connectivity index (χ3v) is 0.967. The van der Waals surface area contributed by atoms with Crippen molar-refractivity contribution in [2.75, 3.05) is 13.2 Å². The second-order valence-electron chi connectivity index (χ2n) is 1.99. The summed E-state index contributed by atoms with van der Waals surface area (Å²) in [5.74, 6) is 0. The minimum absolute atomic E-state index is 0. The maximum atomic E-state index is 9.83. The van der Waals surface area contributed by atoms with Gasteiger partial charge < -0.3 is 14.5 Å². The molecule has 0 unspecified atom stereocenters. The molecule has 0 aliphatic rings. The molecule has 16 heavy (non-hydrogen) atoms. The van der Waals surface area contributed by atoms with E-state index in [0.717, 1.165) is 0 Å². The third-order valence-electron chi connectivity index (χ3n) is 0.967. The molecule has 0 aliphatic carbocycles. The highest BCUT2D eigenvalue weighted by molar-refractivity contribution is 5.75. The van der Waals surface area contributed by atoms with E-state index >= 15 is 0 Å². The fourth-order valence-electron chi connectivity index (χ4n) is 0.519. The minimum Gasteiger partial charge on any atom is -0.311 e. The van der Waals surface area contributed by atoms with E-state index in [-0.39, 0.29) is 11.0 Å².